The molecule has 3 aromatic rings. The first-order chi connectivity index (χ1) is 15.3. The number of thiazole rings is 1. The number of aromatic nitrogens is 2. The Hall–Kier alpha value is -2.16. The van der Waals surface area contributed by atoms with Crippen molar-refractivity contribution in [3.63, 3.8) is 0 Å². The van der Waals surface area contributed by atoms with Crippen LogP contribution in [0.3, 0.4) is 0 Å². The molecule has 1 aliphatic carbocycles. The van der Waals surface area contributed by atoms with Crippen molar-refractivity contribution in [3.8, 4) is 22.0 Å². The van der Waals surface area contributed by atoms with Crippen LogP contribution in [0.4, 0.5) is 13.2 Å². The highest BCUT2D eigenvalue weighted by molar-refractivity contribution is 7.99. The third kappa shape index (κ3) is 5.24. The molecule has 0 saturated carbocycles. The van der Waals surface area contributed by atoms with Gasteiger partial charge in [0, 0.05) is 27.5 Å². The highest BCUT2D eigenvalue weighted by Gasteiger charge is 2.38. The summed E-state index contributed by atoms with van der Waals surface area (Å²) in [6.45, 7) is 6.00. The van der Waals surface area contributed by atoms with Gasteiger partial charge in [-0.1, -0.05) is 44.5 Å². The number of carbonyl (C=O) groups excluding carboxylic acids is 1. The molecule has 1 aliphatic rings. The molecule has 2 heterocycles. The normalized spacial score (nSPS) is 13.2. The third-order valence-corrected chi connectivity index (χ3v) is 6.73. The summed E-state index contributed by atoms with van der Waals surface area (Å²) < 4.78 is 39.3. The number of hydrogen-bond donors (Lipinski definition) is 0. The highest BCUT2D eigenvalue weighted by Crippen LogP contribution is 2.41. The predicted molar refractivity (Wildman–Crippen MR) is 127 cm³/mol. The van der Waals surface area contributed by atoms with Crippen molar-refractivity contribution < 1.29 is 18.0 Å². The summed E-state index contributed by atoms with van der Waals surface area (Å²) in [6, 6.07) is 11.0. The van der Waals surface area contributed by atoms with Gasteiger partial charge in [0.15, 0.2) is 5.78 Å². The quantitative estimate of drug-likeness (QED) is 0.341. The van der Waals surface area contributed by atoms with E-state index in [4.69, 9.17) is 16.6 Å². The van der Waals surface area contributed by atoms with Gasteiger partial charge in [0.2, 0.25) is 0 Å². The number of Topliss-reactive ketones (excluding diaryl/α,β-unsaturated/α-hetero) is 1. The summed E-state index contributed by atoms with van der Waals surface area (Å²) in [7, 11) is 0. The first-order valence-corrected chi connectivity index (χ1v) is 12.2. The molecule has 4 rings (SSSR count). The zero-order chi connectivity index (χ0) is 23.5. The van der Waals surface area contributed by atoms with Gasteiger partial charge in [0.1, 0.15) is 10.7 Å². The number of rotatable bonds is 4. The van der Waals surface area contributed by atoms with Crippen LogP contribution < -0.4 is 0 Å². The zero-order valence-electron chi connectivity index (χ0n) is 17.6. The second-order valence-electron chi connectivity index (χ2n) is 6.48. The molecule has 9 heteroatoms. The number of ketones is 1. The fraction of sp³-hybridized carbons (Fsp3) is 0.261. The average molecular weight is 497 g/mol. The predicted octanol–water partition coefficient (Wildman–Crippen LogP) is 8.20. The Morgan fingerprint density at radius 2 is 1.78 bits per heavy atom. The van der Waals surface area contributed by atoms with E-state index in [2.05, 4.69) is 4.98 Å². The van der Waals surface area contributed by atoms with E-state index in [9.17, 15) is 18.0 Å². The Morgan fingerprint density at radius 1 is 1.09 bits per heavy atom. The molecule has 168 valence electrons. The van der Waals surface area contributed by atoms with Gasteiger partial charge in [0.25, 0.3) is 0 Å². The van der Waals surface area contributed by atoms with Crippen molar-refractivity contribution in [1.29, 1.82) is 0 Å². The first kappa shape index (κ1) is 24.5. The fourth-order valence-electron chi connectivity index (χ4n) is 3.04. The number of fused-ring (bicyclic) bond motifs is 1. The van der Waals surface area contributed by atoms with Crippen molar-refractivity contribution in [2.45, 2.75) is 38.3 Å². The number of allylic oxidation sites excluding steroid dienone is 1. The number of hydrogen-bond acceptors (Lipinski definition) is 5. The lowest BCUT2D eigenvalue weighted by Crippen LogP contribution is -2.18. The lowest BCUT2D eigenvalue weighted by Gasteiger charge is -2.13. The van der Waals surface area contributed by atoms with Gasteiger partial charge in [-0.2, -0.15) is 13.2 Å². The molecule has 0 spiro atoms. The molecule has 0 amide bonds. The molecule has 0 radical (unpaired) electrons. The molecule has 0 fully saturated rings. The van der Waals surface area contributed by atoms with Gasteiger partial charge >= 0.3 is 6.18 Å². The Kier molecular flexibility index (Phi) is 7.79. The van der Waals surface area contributed by atoms with E-state index in [-0.39, 0.29) is 10.6 Å². The van der Waals surface area contributed by atoms with Gasteiger partial charge in [-0.15, -0.1) is 23.1 Å². The SMILES string of the molecule is CC.CCSc1ccc(-c2ccc(Cl)cc2)nc1-c1nc2c(s1)C(=O)CC(C(F)(F)F)=C2. The molecule has 0 N–H and O–H groups in total. The van der Waals surface area contributed by atoms with Gasteiger partial charge in [-0.3, -0.25) is 4.79 Å². The standard InChI is InChI=1S/C21H14ClF3N2OS2.C2H6/c1-2-29-17-8-7-14(11-3-5-13(22)6-4-11)26-18(17)20-27-15-9-12(21(23,24)25)10-16(28)19(15)30-20;1-2/h3-9H,2,10H2,1H3;1-2H3. The molecule has 1 aromatic carbocycles. The summed E-state index contributed by atoms with van der Waals surface area (Å²) in [5.74, 6) is 0.221. The second kappa shape index (κ2) is 10.2. The topological polar surface area (TPSA) is 42.9 Å². The number of nitrogens with zero attached hydrogens (tertiary/aromatic N) is 2. The number of carbonyl (C=O) groups is 1. The minimum Gasteiger partial charge on any atom is -0.293 e. The van der Waals surface area contributed by atoms with E-state index in [1.165, 1.54) is 0 Å². The molecule has 0 aliphatic heterocycles. The van der Waals surface area contributed by atoms with Crippen LogP contribution in [-0.4, -0.2) is 27.7 Å². The Labute approximate surface area is 197 Å². The molecule has 2 aromatic heterocycles. The number of halogens is 4. The smallest absolute Gasteiger partial charge is 0.293 e. The third-order valence-electron chi connectivity index (χ3n) is 4.43. The molecule has 32 heavy (non-hydrogen) atoms. The van der Waals surface area contributed by atoms with Crippen LogP contribution in [0.25, 0.3) is 28.0 Å². The molecular weight excluding hydrogens is 477 g/mol. The largest absolute Gasteiger partial charge is 0.413 e. The van der Waals surface area contributed by atoms with Crippen LogP contribution in [0.5, 0.6) is 0 Å². The summed E-state index contributed by atoms with van der Waals surface area (Å²) in [5.41, 5.74) is 1.29. The second-order valence-corrected chi connectivity index (χ2v) is 9.23. The Balaban J connectivity index is 0.00000141. The summed E-state index contributed by atoms with van der Waals surface area (Å²) >= 11 is 8.60. The van der Waals surface area contributed by atoms with Crippen molar-refractivity contribution in [3.05, 3.63) is 57.6 Å². The van der Waals surface area contributed by atoms with Crippen LogP contribution in [0, 0.1) is 0 Å². The van der Waals surface area contributed by atoms with E-state index in [1.807, 2.05) is 45.0 Å². The van der Waals surface area contributed by atoms with Gasteiger partial charge in [0.05, 0.1) is 16.3 Å². The summed E-state index contributed by atoms with van der Waals surface area (Å²) in [4.78, 5) is 22.5. The maximum absolute atomic E-state index is 13.1. The van der Waals surface area contributed by atoms with Crippen LogP contribution in [0.1, 0.15) is 42.6 Å². The number of alkyl halides is 3. The minimum atomic E-state index is -4.55. The van der Waals surface area contributed by atoms with Crippen molar-refractivity contribution in [2.75, 3.05) is 5.75 Å². The summed E-state index contributed by atoms with van der Waals surface area (Å²) in [6.07, 6.45) is -4.24. The minimum absolute atomic E-state index is 0.0599. The zero-order valence-corrected chi connectivity index (χ0v) is 20.0. The molecule has 3 nitrogen and oxygen atoms in total. The maximum Gasteiger partial charge on any atom is 0.413 e. The van der Waals surface area contributed by atoms with Gasteiger partial charge < -0.3 is 0 Å². The van der Waals surface area contributed by atoms with Gasteiger partial charge in [-0.05, 0) is 36.1 Å². The van der Waals surface area contributed by atoms with Crippen molar-refractivity contribution in [2.24, 2.45) is 0 Å². The van der Waals surface area contributed by atoms with E-state index in [1.54, 1.807) is 23.9 Å². The van der Waals surface area contributed by atoms with E-state index in [0.717, 1.165) is 33.6 Å². The van der Waals surface area contributed by atoms with Crippen LogP contribution in [-0.2, 0) is 0 Å². The average Bonchev–Trinajstić information content (AvgIpc) is 3.20. The van der Waals surface area contributed by atoms with Crippen LogP contribution >= 0.6 is 34.7 Å². The Morgan fingerprint density at radius 3 is 2.41 bits per heavy atom. The fourth-order valence-corrected chi connectivity index (χ4v) is 4.96. The molecule has 0 atom stereocenters. The van der Waals surface area contributed by atoms with Crippen LogP contribution in [0.15, 0.2) is 46.9 Å². The monoisotopic (exact) mass is 496 g/mol. The van der Waals surface area contributed by atoms with Gasteiger partial charge in [-0.25, -0.2) is 9.97 Å². The van der Waals surface area contributed by atoms with Crippen molar-refractivity contribution in [1.82, 2.24) is 9.97 Å². The van der Waals surface area contributed by atoms with Crippen LogP contribution in [0.2, 0.25) is 5.02 Å². The van der Waals surface area contributed by atoms with E-state index < -0.39 is 24.0 Å². The number of pyridine rings is 1. The Bertz CT molecular complexity index is 1160. The first-order valence-electron chi connectivity index (χ1n) is 9.98. The molecule has 0 saturated heterocycles. The van der Waals surface area contributed by atoms with E-state index >= 15 is 0 Å². The lowest BCUT2D eigenvalue weighted by molar-refractivity contribution is -0.0923. The van der Waals surface area contributed by atoms with E-state index in [0.29, 0.717) is 21.4 Å². The number of benzene rings is 1. The molecular formula is C23H20ClF3N2OS2. The van der Waals surface area contributed by atoms with Crippen molar-refractivity contribution >= 4 is 46.6 Å². The lowest BCUT2D eigenvalue weighted by atomic mass is 10.0. The highest BCUT2D eigenvalue weighted by atomic mass is 35.5. The summed E-state index contributed by atoms with van der Waals surface area (Å²) in [5, 5.41) is 1.04. The molecule has 0 bridgehead atoms. The molecule has 0 unspecified atom stereocenters. The maximum atomic E-state index is 13.1. The number of thioether (sulfide) groups is 1.